The number of H-pyrrole nitrogens is 1. The SMILES string of the molecule is COc1ccc(-c2n[nH]c(CNC(=O)[C@H]3NCCO[C@@H]3C)n2)cc1. The molecule has 8 heteroatoms. The fourth-order valence-electron chi connectivity index (χ4n) is 2.55. The number of nitrogens with one attached hydrogen (secondary N) is 3. The van der Waals surface area contributed by atoms with Crippen LogP contribution in [0, 0.1) is 0 Å². The Kier molecular flexibility index (Phi) is 5.07. The molecule has 0 unspecified atom stereocenters. The van der Waals surface area contributed by atoms with Crippen LogP contribution in [0.3, 0.4) is 0 Å². The number of carbonyl (C=O) groups excluding carboxylic acids is 1. The highest BCUT2D eigenvalue weighted by atomic mass is 16.5. The molecule has 8 nitrogen and oxygen atoms in total. The van der Waals surface area contributed by atoms with Crippen molar-refractivity contribution in [1.82, 2.24) is 25.8 Å². The zero-order valence-corrected chi connectivity index (χ0v) is 13.7. The van der Waals surface area contributed by atoms with Crippen molar-refractivity contribution in [3.05, 3.63) is 30.1 Å². The molecule has 1 amide bonds. The third-order valence-electron chi connectivity index (χ3n) is 3.91. The number of hydrogen-bond acceptors (Lipinski definition) is 6. The van der Waals surface area contributed by atoms with Gasteiger partial charge in [0.2, 0.25) is 5.91 Å². The molecular formula is C16H21N5O3. The lowest BCUT2D eigenvalue weighted by molar-refractivity contribution is -0.129. The molecule has 1 aliphatic rings. The number of morpholine rings is 1. The first-order valence-corrected chi connectivity index (χ1v) is 7.86. The number of aromatic amines is 1. The first kappa shape index (κ1) is 16.4. The maximum atomic E-state index is 12.2. The summed E-state index contributed by atoms with van der Waals surface area (Å²) in [5, 5.41) is 13.0. The number of benzene rings is 1. The molecule has 1 fully saturated rings. The van der Waals surface area contributed by atoms with Crippen molar-refractivity contribution in [2.45, 2.75) is 25.6 Å². The van der Waals surface area contributed by atoms with Gasteiger partial charge in [-0.25, -0.2) is 4.98 Å². The zero-order chi connectivity index (χ0) is 16.9. The maximum Gasteiger partial charge on any atom is 0.240 e. The molecule has 0 radical (unpaired) electrons. The molecule has 2 aromatic rings. The van der Waals surface area contributed by atoms with E-state index in [1.807, 2.05) is 31.2 Å². The minimum atomic E-state index is -0.345. The van der Waals surface area contributed by atoms with E-state index < -0.39 is 0 Å². The third kappa shape index (κ3) is 3.72. The van der Waals surface area contributed by atoms with Gasteiger partial charge in [-0.3, -0.25) is 9.89 Å². The van der Waals surface area contributed by atoms with Crippen LogP contribution in [0.15, 0.2) is 24.3 Å². The van der Waals surface area contributed by atoms with Gasteiger partial charge in [0.25, 0.3) is 0 Å². The molecule has 2 atom stereocenters. The fourth-order valence-corrected chi connectivity index (χ4v) is 2.55. The summed E-state index contributed by atoms with van der Waals surface area (Å²) in [4.78, 5) is 16.6. The van der Waals surface area contributed by atoms with E-state index >= 15 is 0 Å². The molecular weight excluding hydrogens is 310 g/mol. The van der Waals surface area contributed by atoms with Crippen molar-refractivity contribution in [2.24, 2.45) is 0 Å². The van der Waals surface area contributed by atoms with E-state index in [4.69, 9.17) is 9.47 Å². The summed E-state index contributed by atoms with van der Waals surface area (Å²) in [7, 11) is 1.62. The first-order valence-electron chi connectivity index (χ1n) is 7.86. The van der Waals surface area contributed by atoms with Gasteiger partial charge in [-0.15, -0.1) is 0 Å². The molecule has 0 saturated carbocycles. The molecule has 1 aliphatic heterocycles. The van der Waals surface area contributed by atoms with Gasteiger partial charge in [0.05, 0.1) is 26.4 Å². The second-order valence-corrected chi connectivity index (χ2v) is 5.56. The van der Waals surface area contributed by atoms with Gasteiger partial charge < -0.3 is 20.1 Å². The van der Waals surface area contributed by atoms with Crippen molar-refractivity contribution < 1.29 is 14.3 Å². The van der Waals surface area contributed by atoms with Crippen molar-refractivity contribution >= 4 is 5.91 Å². The van der Waals surface area contributed by atoms with Gasteiger partial charge in [0.15, 0.2) is 5.82 Å². The maximum absolute atomic E-state index is 12.2. The van der Waals surface area contributed by atoms with Crippen molar-refractivity contribution in [1.29, 1.82) is 0 Å². The molecule has 1 saturated heterocycles. The number of carbonyl (C=O) groups is 1. The molecule has 0 bridgehead atoms. The Balaban J connectivity index is 1.58. The Morgan fingerprint density at radius 3 is 2.92 bits per heavy atom. The molecule has 128 valence electrons. The van der Waals surface area contributed by atoms with Gasteiger partial charge >= 0.3 is 0 Å². The second-order valence-electron chi connectivity index (χ2n) is 5.56. The van der Waals surface area contributed by atoms with Gasteiger partial charge in [0, 0.05) is 12.1 Å². The molecule has 1 aromatic carbocycles. The van der Waals surface area contributed by atoms with Crippen LogP contribution in [0.2, 0.25) is 0 Å². The Hall–Kier alpha value is -2.45. The fraction of sp³-hybridized carbons (Fsp3) is 0.438. The average Bonchev–Trinajstić information content (AvgIpc) is 3.09. The normalized spacial score (nSPS) is 20.6. The monoisotopic (exact) mass is 331 g/mol. The number of amides is 1. The van der Waals surface area contributed by atoms with Gasteiger partial charge in [0.1, 0.15) is 17.6 Å². The van der Waals surface area contributed by atoms with Crippen LogP contribution >= 0.6 is 0 Å². The number of rotatable bonds is 5. The Morgan fingerprint density at radius 2 is 2.21 bits per heavy atom. The molecule has 0 spiro atoms. The van der Waals surface area contributed by atoms with Crippen LogP contribution < -0.4 is 15.4 Å². The van der Waals surface area contributed by atoms with Crippen molar-refractivity contribution in [2.75, 3.05) is 20.3 Å². The Morgan fingerprint density at radius 1 is 1.42 bits per heavy atom. The van der Waals surface area contributed by atoms with E-state index in [2.05, 4.69) is 25.8 Å². The number of aromatic nitrogens is 3. The topological polar surface area (TPSA) is 101 Å². The lowest BCUT2D eigenvalue weighted by Crippen LogP contribution is -2.55. The van der Waals surface area contributed by atoms with Gasteiger partial charge in [-0.05, 0) is 31.2 Å². The first-order chi connectivity index (χ1) is 11.7. The van der Waals surface area contributed by atoms with E-state index in [0.717, 1.165) is 11.3 Å². The number of methoxy groups -OCH3 is 1. The smallest absolute Gasteiger partial charge is 0.240 e. The predicted octanol–water partition coefficient (Wildman–Crippen LogP) is 0.473. The highest BCUT2D eigenvalue weighted by molar-refractivity contribution is 5.82. The van der Waals surface area contributed by atoms with E-state index in [1.54, 1.807) is 7.11 Å². The standard InChI is InChI=1S/C16H21N5O3/c1-10-14(17-7-8-24-10)16(22)18-9-13-19-15(21-20-13)11-3-5-12(23-2)6-4-11/h3-6,10,14,17H,7-9H2,1-2H3,(H,18,22)(H,19,20,21)/t10-,14+/m1/s1. The summed E-state index contributed by atoms with van der Waals surface area (Å²) in [5.74, 6) is 1.84. The number of ether oxygens (including phenoxy) is 2. The largest absolute Gasteiger partial charge is 0.497 e. The molecule has 0 aliphatic carbocycles. The van der Waals surface area contributed by atoms with E-state index in [0.29, 0.717) is 24.8 Å². The highest BCUT2D eigenvalue weighted by Gasteiger charge is 2.28. The van der Waals surface area contributed by atoms with Crippen molar-refractivity contribution in [3.8, 4) is 17.1 Å². The predicted molar refractivity (Wildman–Crippen MR) is 87.4 cm³/mol. The van der Waals surface area contributed by atoms with Crippen molar-refractivity contribution in [3.63, 3.8) is 0 Å². The lowest BCUT2D eigenvalue weighted by atomic mass is 10.1. The molecule has 24 heavy (non-hydrogen) atoms. The summed E-state index contributed by atoms with van der Waals surface area (Å²) in [6, 6.07) is 7.12. The van der Waals surface area contributed by atoms with E-state index in [9.17, 15) is 4.79 Å². The summed E-state index contributed by atoms with van der Waals surface area (Å²) >= 11 is 0. The summed E-state index contributed by atoms with van der Waals surface area (Å²) in [6.07, 6.45) is -0.150. The van der Waals surface area contributed by atoms with Crippen LogP contribution in [-0.2, 0) is 16.1 Å². The Bertz CT molecular complexity index is 685. The molecule has 1 aromatic heterocycles. The van der Waals surface area contributed by atoms with Crippen LogP contribution in [-0.4, -0.2) is 53.5 Å². The Labute approximate surface area is 140 Å². The molecule has 2 heterocycles. The van der Waals surface area contributed by atoms with Crippen LogP contribution in [0.5, 0.6) is 5.75 Å². The quantitative estimate of drug-likeness (QED) is 0.736. The number of hydrogen-bond donors (Lipinski definition) is 3. The van der Waals surface area contributed by atoms with Gasteiger partial charge in [-0.2, -0.15) is 5.10 Å². The molecule has 3 rings (SSSR count). The minimum absolute atomic E-state index is 0.107. The second kappa shape index (κ2) is 7.41. The number of nitrogens with zero attached hydrogens (tertiary/aromatic N) is 2. The van der Waals surface area contributed by atoms with Crippen LogP contribution in [0.25, 0.3) is 11.4 Å². The summed E-state index contributed by atoms with van der Waals surface area (Å²) in [6.45, 7) is 3.46. The van der Waals surface area contributed by atoms with Crippen LogP contribution in [0.1, 0.15) is 12.7 Å². The lowest BCUT2D eigenvalue weighted by Gasteiger charge is -2.29. The van der Waals surface area contributed by atoms with Gasteiger partial charge in [-0.1, -0.05) is 0 Å². The summed E-state index contributed by atoms with van der Waals surface area (Å²) < 4.78 is 10.6. The molecule has 3 N–H and O–H groups in total. The zero-order valence-electron chi connectivity index (χ0n) is 13.7. The third-order valence-corrected chi connectivity index (χ3v) is 3.91. The summed E-state index contributed by atoms with van der Waals surface area (Å²) in [5.41, 5.74) is 0.876. The average molecular weight is 331 g/mol. The highest BCUT2D eigenvalue weighted by Crippen LogP contribution is 2.18. The minimum Gasteiger partial charge on any atom is -0.497 e. The van der Waals surface area contributed by atoms with E-state index in [-0.39, 0.29) is 24.6 Å². The van der Waals surface area contributed by atoms with E-state index in [1.165, 1.54) is 0 Å². The van der Waals surface area contributed by atoms with Crippen LogP contribution in [0.4, 0.5) is 0 Å².